The van der Waals surface area contributed by atoms with Crippen LogP contribution in [0.25, 0.3) is 11.0 Å². The van der Waals surface area contributed by atoms with Crippen molar-refractivity contribution in [3.63, 3.8) is 0 Å². The van der Waals surface area contributed by atoms with Crippen LogP contribution in [-0.2, 0) is 9.52 Å². The van der Waals surface area contributed by atoms with Crippen LogP contribution in [0.1, 0.15) is 12.8 Å². The normalized spacial score (nSPS) is 22.9. The number of aromatic amines is 1. The number of H-pyrrole nitrogens is 1. The van der Waals surface area contributed by atoms with Gasteiger partial charge in [0, 0.05) is 24.6 Å². The van der Waals surface area contributed by atoms with Gasteiger partial charge in [-0.1, -0.05) is 0 Å². The van der Waals surface area contributed by atoms with Gasteiger partial charge >= 0.3 is 0 Å². The third-order valence-electron chi connectivity index (χ3n) is 3.69. The molecule has 2 atom stereocenters. The highest BCUT2D eigenvalue weighted by Crippen LogP contribution is 2.27. The lowest BCUT2D eigenvalue weighted by atomic mass is 10.1. The molecule has 7 nitrogen and oxygen atoms in total. The zero-order chi connectivity index (χ0) is 14.3. The Labute approximate surface area is 117 Å². The van der Waals surface area contributed by atoms with Gasteiger partial charge in [0.1, 0.15) is 5.82 Å². The number of piperidine rings is 1. The van der Waals surface area contributed by atoms with Crippen LogP contribution in [0.3, 0.4) is 0 Å². The monoisotopic (exact) mass is 294 g/mol. The van der Waals surface area contributed by atoms with Crippen LogP contribution < -0.4 is 10.6 Å². The average molecular weight is 294 g/mol. The third kappa shape index (κ3) is 2.31. The highest BCUT2D eigenvalue weighted by molar-refractivity contribution is 8.00. The Hall–Kier alpha value is -1.83. The molecule has 0 aromatic carbocycles. The van der Waals surface area contributed by atoms with E-state index in [1.54, 1.807) is 12.5 Å². The summed E-state index contributed by atoms with van der Waals surface area (Å²) < 4.78 is 12.2. The molecule has 0 amide bonds. The molecular weight excluding hydrogens is 276 g/mol. The fourth-order valence-corrected chi connectivity index (χ4v) is 3.78. The molecule has 0 aliphatic carbocycles. The number of rotatable bonds is 2. The fraction of sp³-hybridized carbons (Fsp3) is 0.500. The largest absolute Gasteiger partial charge is 0.368 e. The van der Waals surface area contributed by atoms with Gasteiger partial charge in [0.15, 0.2) is 5.65 Å². The maximum Gasteiger partial charge on any atom is 0.224 e. The minimum atomic E-state index is -2.06. The summed E-state index contributed by atoms with van der Waals surface area (Å²) in [5.41, 5.74) is 6.37. The summed E-state index contributed by atoms with van der Waals surface area (Å²) in [7, 11) is -2.06. The van der Waals surface area contributed by atoms with Gasteiger partial charge in [-0.05, 0) is 28.2 Å². The van der Waals surface area contributed by atoms with Crippen molar-refractivity contribution < 1.29 is 4.21 Å². The fourth-order valence-electron chi connectivity index (χ4n) is 2.62. The molecule has 3 N–H and O–H groups in total. The molecule has 1 fully saturated rings. The van der Waals surface area contributed by atoms with E-state index >= 15 is 0 Å². The molecule has 1 aliphatic heterocycles. The first-order chi connectivity index (χ1) is 9.45. The molecule has 8 heteroatoms. The molecular formula is C12H18N6OS. The predicted octanol–water partition coefficient (Wildman–Crippen LogP) is 0.250. The van der Waals surface area contributed by atoms with Crippen molar-refractivity contribution in [2.24, 2.45) is 0 Å². The highest BCUT2D eigenvalue weighted by Gasteiger charge is 2.26. The van der Waals surface area contributed by atoms with Gasteiger partial charge in [0.25, 0.3) is 0 Å². The van der Waals surface area contributed by atoms with Crippen LogP contribution in [0.15, 0.2) is 6.20 Å². The summed E-state index contributed by atoms with van der Waals surface area (Å²) in [5, 5.41) is 7.71. The SMILES string of the molecule is C=S(C)(=O)C1CCCN(c2nc(N)nc3[nH]ncc23)C1. The Morgan fingerprint density at radius 1 is 1.55 bits per heavy atom. The van der Waals surface area contributed by atoms with Crippen LogP contribution >= 0.6 is 0 Å². The van der Waals surface area contributed by atoms with Crippen molar-refractivity contribution in [1.82, 2.24) is 20.2 Å². The molecule has 1 saturated heterocycles. The molecule has 0 bridgehead atoms. The Bertz CT molecular complexity index is 737. The van der Waals surface area contributed by atoms with Gasteiger partial charge < -0.3 is 10.6 Å². The van der Waals surface area contributed by atoms with E-state index in [-0.39, 0.29) is 11.2 Å². The molecule has 20 heavy (non-hydrogen) atoms. The Balaban J connectivity index is 2.00. The lowest BCUT2D eigenvalue weighted by Crippen LogP contribution is -2.42. The van der Waals surface area contributed by atoms with Gasteiger partial charge in [0.05, 0.1) is 11.6 Å². The number of hydrogen-bond acceptors (Lipinski definition) is 6. The van der Waals surface area contributed by atoms with Crippen LogP contribution in [0.2, 0.25) is 0 Å². The zero-order valence-electron chi connectivity index (χ0n) is 11.4. The molecule has 2 unspecified atom stereocenters. The second-order valence-electron chi connectivity index (χ2n) is 5.32. The van der Waals surface area contributed by atoms with Crippen molar-refractivity contribution >= 4 is 38.2 Å². The molecule has 1 aliphatic rings. The van der Waals surface area contributed by atoms with Crippen molar-refractivity contribution in [3.8, 4) is 0 Å². The first-order valence-electron chi connectivity index (χ1n) is 6.48. The van der Waals surface area contributed by atoms with Gasteiger partial charge in [-0.2, -0.15) is 15.1 Å². The predicted molar refractivity (Wildman–Crippen MR) is 82.5 cm³/mol. The number of nitrogen functional groups attached to an aromatic ring is 1. The smallest absolute Gasteiger partial charge is 0.224 e. The van der Waals surface area contributed by atoms with Crippen molar-refractivity contribution in [2.75, 3.05) is 30.0 Å². The number of fused-ring (bicyclic) bond motifs is 1. The Morgan fingerprint density at radius 2 is 2.35 bits per heavy atom. The average Bonchev–Trinajstić information content (AvgIpc) is 2.85. The van der Waals surface area contributed by atoms with Crippen LogP contribution in [0.5, 0.6) is 0 Å². The van der Waals surface area contributed by atoms with E-state index in [0.717, 1.165) is 30.6 Å². The molecule has 2 aromatic rings. The molecule has 0 spiro atoms. The Kier molecular flexibility index (Phi) is 3.04. The van der Waals surface area contributed by atoms with Crippen LogP contribution in [0.4, 0.5) is 11.8 Å². The molecule has 2 aromatic heterocycles. The van der Waals surface area contributed by atoms with Crippen LogP contribution in [-0.4, -0.2) is 54.8 Å². The molecule has 0 saturated carbocycles. The molecule has 108 valence electrons. The van der Waals surface area contributed by atoms with E-state index in [2.05, 4.69) is 30.9 Å². The highest BCUT2D eigenvalue weighted by atomic mass is 32.2. The number of aromatic nitrogens is 4. The second kappa shape index (κ2) is 4.62. The number of nitrogens with one attached hydrogen (secondary N) is 1. The van der Waals surface area contributed by atoms with E-state index < -0.39 is 9.52 Å². The van der Waals surface area contributed by atoms with Crippen molar-refractivity contribution in [2.45, 2.75) is 18.1 Å². The first-order valence-corrected chi connectivity index (χ1v) is 8.67. The summed E-state index contributed by atoms with van der Waals surface area (Å²) >= 11 is 0. The number of nitrogens with zero attached hydrogens (tertiary/aromatic N) is 4. The lowest BCUT2D eigenvalue weighted by Gasteiger charge is -2.34. The van der Waals surface area contributed by atoms with E-state index in [4.69, 9.17) is 5.73 Å². The minimum Gasteiger partial charge on any atom is -0.368 e. The van der Waals surface area contributed by atoms with Crippen LogP contribution in [0, 0.1) is 0 Å². The second-order valence-corrected chi connectivity index (χ2v) is 8.13. The molecule has 0 radical (unpaired) electrons. The van der Waals surface area contributed by atoms with Gasteiger partial charge in [-0.15, -0.1) is 0 Å². The van der Waals surface area contributed by atoms with E-state index in [1.807, 2.05) is 0 Å². The minimum absolute atomic E-state index is 0.0781. The number of anilines is 2. The van der Waals surface area contributed by atoms with Gasteiger partial charge in [-0.3, -0.25) is 9.31 Å². The zero-order valence-corrected chi connectivity index (χ0v) is 12.2. The van der Waals surface area contributed by atoms with Crippen molar-refractivity contribution in [3.05, 3.63) is 6.20 Å². The first kappa shape index (κ1) is 13.2. The van der Waals surface area contributed by atoms with E-state index in [0.29, 0.717) is 12.2 Å². The summed E-state index contributed by atoms with van der Waals surface area (Å²) in [5.74, 6) is 4.79. The third-order valence-corrected chi connectivity index (χ3v) is 5.48. The van der Waals surface area contributed by atoms with Gasteiger partial charge in [-0.25, -0.2) is 0 Å². The summed E-state index contributed by atoms with van der Waals surface area (Å²) in [6.45, 7) is 1.54. The summed E-state index contributed by atoms with van der Waals surface area (Å²) in [6, 6.07) is 0. The van der Waals surface area contributed by atoms with Crippen molar-refractivity contribution in [1.29, 1.82) is 0 Å². The number of nitrogens with two attached hydrogens (primary N) is 1. The van der Waals surface area contributed by atoms with Gasteiger partial charge in [0.2, 0.25) is 5.95 Å². The maximum absolute atomic E-state index is 12.2. The summed E-state index contributed by atoms with van der Waals surface area (Å²) in [4.78, 5) is 10.6. The summed E-state index contributed by atoms with van der Waals surface area (Å²) in [6.07, 6.45) is 5.32. The maximum atomic E-state index is 12.2. The molecule has 3 heterocycles. The molecule has 3 rings (SSSR count). The van der Waals surface area contributed by atoms with E-state index in [9.17, 15) is 4.21 Å². The topological polar surface area (TPSA) is 101 Å². The van der Waals surface area contributed by atoms with E-state index in [1.165, 1.54) is 0 Å². The lowest BCUT2D eigenvalue weighted by molar-refractivity contribution is 0.569. The quantitative estimate of drug-likeness (QED) is 0.770. The Morgan fingerprint density at radius 3 is 3.10 bits per heavy atom. The number of hydrogen-bond donors (Lipinski definition) is 2. The standard InChI is InChI=1S/C12H18N6OS/c1-20(2,19)8-4-3-5-18(7-8)11-9-6-14-17-10(9)15-12(13)16-11/h6,8H,1,3-5,7H2,2H3,(H3,13,14,15,16,17).